The number of fused-ring (bicyclic) bond motifs is 1. The van der Waals surface area contributed by atoms with Crippen molar-refractivity contribution in [3.05, 3.63) is 59.4 Å². The van der Waals surface area contributed by atoms with Crippen molar-refractivity contribution in [2.24, 2.45) is 5.92 Å². The van der Waals surface area contributed by atoms with E-state index >= 15 is 0 Å². The number of aromatic nitrogens is 2. The number of hydrogen-bond donors (Lipinski definition) is 1. The minimum atomic E-state index is -0.400. The highest BCUT2D eigenvalue weighted by Gasteiger charge is 2.35. The van der Waals surface area contributed by atoms with Crippen LogP contribution in [0.25, 0.3) is 11.0 Å². The van der Waals surface area contributed by atoms with Crippen LogP contribution in [-0.2, 0) is 22.7 Å². The van der Waals surface area contributed by atoms with E-state index in [1.54, 1.807) is 17.0 Å². The number of para-hydroxylation sites is 3. The van der Waals surface area contributed by atoms with Gasteiger partial charge in [0.15, 0.2) is 0 Å². The van der Waals surface area contributed by atoms with Crippen molar-refractivity contribution in [3.63, 3.8) is 0 Å². The topological polar surface area (TPSA) is 67.2 Å². The third-order valence-corrected chi connectivity index (χ3v) is 5.43. The van der Waals surface area contributed by atoms with Crippen LogP contribution < -0.4 is 10.2 Å². The highest BCUT2D eigenvalue weighted by molar-refractivity contribution is 6.33. The zero-order valence-corrected chi connectivity index (χ0v) is 16.3. The molecule has 0 bridgehead atoms. The van der Waals surface area contributed by atoms with Gasteiger partial charge in [0.2, 0.25) is 11.8 Å². The van der Waals surface area contributed by atoms with E-state index in [1.807, 2.05) is 36.4 Å². The zero-order chi connectivity index (χ0) is 19.7. The number of aryl methyl sites for hydroxylation is 1. The third kappa shape index (κ3) is 3.36. The number of rotatable bonds is 5. The van der Waals surface area contributed by atoms with Crippen LogP contribution in [0.5, 0.6) is 0 Å². The van der Waals surface area contributed by atoms with Crippen molar-refractivity contribution in [2.75, 3.05) is 11.4 Å². The van der Waals surface area contributed by atoms with Crippen molar-refractivity contribution >= 4 is 40.1 Å². The first-order valence-corrected chi connectivity index (χ1v) is 9.73. The molecule has 0 unspecified atom stereocenters. The normalized spacial score (nSPS) is 16.7. The summed E-state index contributed by atoms with van der Waals surface area (Å²) in [5.74, 6) is 0.180. The summed E-state index contributed by atoms with van der Waals surface area (Å²) in [6.07, 6.45) is 0.182. The van der Waals surface area contributed by atoms with Crippen LogP contribution in [0.4, 0.5) is 5.69 Å². The zero-order valence-electron chi connectivity index (χ0n) is 15.6. The number of amides is 2. The molecule has 0 saturated carbocycles. The lowest BCUT2D eigenvalue weighted by Gasteiger charge is -2.18. The molecule has 7 heteroatoms. The van der Waals surface area contributed by atoms with Crippen LogP contribution in [0.3, 0.4) is 0 Å². The first kappa shape index (κ1) is 18.5. The Bertz CT molecular complexity index is 1050. The summed E-state index contributed by atoms with van der Waals surface area (Å²) in [7, 11) is 0. The van der Waals surface area contributed by atoms with Gasteiger partial charge in [0.25, 0.3) is 0 Å². The second-order valence-corrected chi connectivity index (χ2v) is 7.24. The summed E-state index contributed by atoms with van der Waals surface area (Å²) in [4.78, 5) is 31.3. The van der Waals surface area contributed by atoms with Crippen molar-refractivity contribution in [1.82, 2.24) is 14.9 Å². The van der Waals surface area contributed by atoms with E-state index in [0.29, 0.717) is 23.8 Å². The maximum absolute atomic E-state index is 12.7. The highest BCUT2D eigenvalue weighted by Crippen LogP contribution is 2.31. The number of nitrogens with zero attached hydrogens (tertiary/aromatic N) is 3. The molecule has 1 saturated heterocycles. The van der Waals surface area contributed by atoms with Gasteiger partial charge in [0, 0.05) is 19.5 Å². The number of halogens is 1. The predicted molar refractivity (Wildman–Crippen MR) is 109 cm³/mol. The van der Waals surface area contributed by atoms with E-state index in [2.05, 4.69) is 21.8 Å². The molecule has 2 amide bonds. The number of hydrogen-bond acceptors (Lipinski definition) is 3. The average Bonchev–Trinajstić information content (AvgIpc) is 3.26. The Labute approximate surface area is 168 Å². The van der Waals surface area contributed by atoms with Gasteiger partial charge in [0.1, 0.15) is 5.82 Å². The summed E-state index contributed by atoms with van der Waals surface area (Å²) >= 11 is 6.20. The standard InChI is InChI=1S/C21H21ClN4O2/c1-2-25-18-10-6-4-8-16(18)24-19(25)12-23-21(28)14-11-20(27)26(13-14)17-9-5-3-7-15(17)22/h3-10,14H,2,11-13H2,1H3,(H,23,28)/t14-/m0/s1. The third-order valence-electron chi connectivity index (χ3n) is 5.11. The Balaban J connectivity index is 1.45. The largest absolute Gasteiger partial charge is 0.349 e. The maximum Gasteiger partial charge on any atom is 0.227 e. The van der Waals surface area contributed by atoms with Gasteiger partial charge in [-0.15, -0.1) is 0 Å². The lowest BCUT2D eigenvalue weighted by molar-refractivity contribution is -0.126. The Morgan fingerprint density at radius 1 is 1.21 bits per heavy atom. The van der Waals surface area contributed by atoms with Gasteiger partial charge in [-0.25, -0.2) is 4.98 Å². The van der Waals surface area contributed by atoms with E-state index in [-0.39, 0.29) is 18.2 Å². The van der Waals surface area contributed by atoms with E-state index < -0.39 is 5.92 Å². The number of carbonyl (C=O) groups excluding carboxylic acids is 2. The molecule has 4 rings (SSSR count). The predicted octanol–water partition coefficient (Wildman–Crippen LogP) is 3.38. The molecule has 0 spiro atoms. The molecule has 1 fully saturated rings. The van der Waals surface area contributed by atoms with Crippen LogP contribution >= 0.6 is 11.6 Å². The SMILES string of the molecule is CCn1c(CNC(=O)[C@H]2CC(=O)N(c3ccccc3Cl)C2)nc2ccccc21. The van der Waals surface area contributed by atoms with Crippen LogP contribution in [0.1, 0.15) is 19.2 Å². The van der Waals surface area contributed by atoms with Crippen LogP contribution in [-0.4, -0.2) is 27.9 Å². The second kappa shape index (κ2) is 7.64. The Morgan fingerprint density at radius 3 is 2.75 bits per heavy atom. The fourth-order valence-corrected chi connectivity index (χ4v) is 3.95. The van der Waals surface area contributed by atoms with Crippen LogP contribution in [0.2, 0.25) is 5.02 Å². The Kier molecular flexibility index (Phi) is 5.05. The minimum absolute atomic E-state index is 0.0888. The highest BCUT2D eigenvalue weighted by atomic mass is 35.5. The van der Waals surface area contributed by atoms with Gasteiger partial charge < -0.3 is 14.8 Å². The molecule has 0 radical (unpaired) electrons. The molecule has 1 aliphatic heterocycles. The Hall–Kier alpha value is -2.86. The molecule has 0 aliphatic carbocycles. The summed E-state index contributed by atoms with van der Waals surface area (Å²) < 4.78 is 2.09. The number of nitrogens with one attached hydrogen (secondary N) is 1. The molecular formula is C21H21ClN4O2. The summed E-state index contributed by atoms with van der Waals surface area (Å²) in [6, 6.07) is 15.1. The monoisotopic (exact) mass is 396 g/mol. The fourth-order valence-electron chi connectivity index (χ4n) is 3.71. The number of benzene rings is 2. The van der Waals surface area contributed by atoms with Crippen molar-refractivity contribution < 1.29 is 9.59 Å². The first-order valence-electron chi connectivity index (χ1n) is 9.35. The number of anilines is 1. The van der Waals surface area contributed by atoms with Crippen molar-refractivity contribution in [3.8, 4) is 0 Å². The number of carbonyl (C=O) groups is 2. The minimum Gasteiger partial charge on any atom is -0.349 e. The molecule has 144 valence electrons. The molecule has 28 heavy (non-hydrogen) atoms. The van der Waals surface area contributed by atoms with Crippen LogP contribution in [0.15, 0.2) is 48.5 Å². The summed E-state index contributed by atoms with van der Waals surface area (Å²) in [5.41, 5.74) is 2.61. The molecule has 1 N–H and O–H groups in total. The molecule has 3 aromatic rings. The van der Waals surface area contributed by atoms with Gasteiger partial charge in [0.05, 0.1) is 34.2 Å². The van der Waals surface area contributed by atoms with E-state index in [1.165, 1.54) is 0 Å². The fraction of sp³-hybridized carbons (Fsp3) is 0.286. The van der Waals surface area contributed by atoms with Crippen molar-refractivity contribution in [1.29, 1.82) is 0 Å². The average molecular weight is 397 g/mol. The van der Waals surface area contributed by atoms with Gasteiger partial charge in [-0.05, 0) is 31.2 Å². The maximum atomic E-state index is 12.7. The summed E-state index contributed by atoms with van der Waals surface area (Å²) in [5, 5.41) is 3.46. The first-order chi connectivity index (χ1) is 13.6. The van der Waals surface area contributed by atoms with Gasteiger partial charge >= 0.3 is 0 Å². The van der Waals surface area contributed by atoms with E-state index in [4.69, 9.17) is 11.6 Å². The molecular weight excluding hydrogens is 376 g/mol. The molecule has 1 aromatic heterocycles. The molecule has 6 nitrogen and oxygen atoms in total. The molecule has 1 atom stereocenters. The smallest absolute Gasteiger partial charge is 0.227 e. The van der Waals surface area contributed by atoms with Gasteiger partial charge in [-0.2, -0.15) is 0 Å². The molecule has 2 heterocycles. The molecule has 1 aliphatic rings. The van der Waals surface area contributed by atoms with Gasteiger partial charge in [-0.3, -0.25) is 9.59 Å². The molecule has 2 aromatic carbocycles. The van der Waals surface area contributed by atoms with E-state index in [9.17, 15) is 9.59 Å². The van der Waals surface area contributed by atoms with Gasteiger partial charge in [-0.1, -0.05) is 35.9 Å². The lowest BCUT2D eigenvalue weighted by atomic mass is 10.1. The second-order valence-electron chi connectivity index (χ2n) is 6.84. The van der Waals surface area contributed by atoms with Crippen molar-refractivity contribution in [2.45, 2.75) is 26.4 Å². The quantitative estimate of drug-likeness (QED) is 0.718. The number of imidazole rings is 1. The van der Waals surface area contributed by atoms with E-state index in [0.717, 1.165) is 23.4 Å². The van der Waals surface area contributed by atoms with Crippen LogP contribution in [0, 0.1) is 5.92 Å². The summed E-state index contributed by atoms with van der Waals surface area (Å²) in [6.45, 7) is 3.49. The Morgan fingerprint density at radius 2 is 1.96 bits per heavy atom. The lowest BCUT2D eigenvalue weighted by Crippen LogP contribution is -2.33.